The van der Waals surface area contributed by atoms with Crippen molar-refractivity contribution in [1.29, 1.82) is 0 Å². The van der Waals surface area contributed by atoms with Gasteiger partial charge in [0.05, 0.1) is 6.20 Å². The van der Waals surface area contributed by atoms with Crippen LogP contribution < -0.4 is 5.32 Å². The van der Waals surface area contributed by atoms with Crippen molar-refractivity contribution in [3.8, 4) is 11.4 Å². The number of aromatic amines is 1. The predicted molar refractivity (Wildman–Crippen MR) is 84.7 cm³/mol. The summed E-state index contributed by atoms with van der Waals surface area (Å²) in [7, 11) is 0. The van der Waals surface area contributed by atoms with Crippen LogP contribution in [0.3, 0.4) is 0 Å². The number of nitrogens with one attached hydrogen (secondary N) is 2. The molecule has 0 bridgehead atoms. The third-order valence-corrected chi connectivity index (χ3v) is 3.80. The van der Waals surface area contributed by atoms with Gasteiger partial charge in [-0.05, 0) is 23.6 Å². The van der Waals surface area contributed by atoms with Crippen molar-refractivity contribution in [3.63, 3.8) is 0 Å². The summed E-state index contributed by atoms with van der Waals surface area (Å²) in [5.74, 6) is 1.42. The average molecular weight is 293 g/mol. The Morgan fingerprint density at radius 2 is 1.95 bits per heavy atom. The molecule has 1 aromatic carbocycles. The molecule has 0 saturated heterocycles. The molecule has 0 aliphatic heterocycles. The van der Waals surface area contributed by atoms with E-state index in [0.29, 0.717) is 5.82 Å². The zero-order chi connectivity index (χ0) is 14.1. The van der Waals surface area contributed by atoms with Crippen LogP contribution in [0.15, 0.2) is 53.4 Å². The van der Waals surface area contributed by atoms with Crippen molar-refractivity contribution in [2.24, 2.45) is 0 Å². The van der Waals surface area contributed by atoms with Crippen molar-refractivity contribution in [1.82, 2.24) is 20.2 Å². The summed E-state index contributed by atoms with van der Waals surface area (Å²) in [6.45, 7) is 0. The highest BCUT2D eigenvalue weighted by atomic mass is 32.1. The first kappa shape index (κ1) is 12.0. The van der Waals surface area contributed by atoms with E-state index in [4.69, 9.17) is 0 Å². The lowest BCUT2D eigenvalue weighted by Gasteiger charge is -2.07. The number of benzene rings is 1. The summed E-state index contributed by atoms with van der Waals surface area (Å²) < 4.78 is 0. The quantitative estimate of drug-likeness (QED) is 0.602. The molecule has 3 heterocycles. The lowest BCUT2D eigenvalue weighted by molar-refractivity contribution is 1.11. The van der Waals surface area contributed by atoms with Crippen molar-refractivity contribution in [3.05, 3.63) is 53.4 Å². The number of fused-ring (bicyclic) bond motifs is 1. The van der Waals surface area contributed by atoms with Gasteiger partial charge in [0, 0.05) is 16.6 Å². The summed E-state index contributed by atoms with van der Waals surface area (Å²) in [4.78, 5) is 9.17. The van der Waals surface area contributed by atoms with Gasteiger partial charge in [0.2, 0.25) is 0 Å². The number of hydrogen-bond acceptors (Lipinski definition) is 5. The molecule has 0 aliphatic rings. The van der Waals surface area contributed by atoms with Crippen LogP contribution >= 0.6 is 11.3 Å². The molecule has 21 heavy (non-hydrogen) atoms. The molecule has 2 N–H and O–H groups in total. The molecule has 0 fully saturated rings. The van der Waals surface area contributed by atoms with Gasteiger partial charge in [-0.25, -0.2) is 9.97 Å². The summed E-state index contributed by atoms with van der Waals surface area (Å²) >= 11 is 1.63. The Balaban J connectivity index is 1.85. The Kier molecular flexibility index (Phi) is 2.86. The van der Waals surface area contributed by atoms with Crippen LogP contribution in [-0.4, -0.2) is 20.2 Å². The normalized spacial score (nSPS) is 10.9. The van der Waals surface area contributed by atoms with Crippen molar-refractivity contribution in [2.45, 2.75) is 0 Å². The third kappa shape index (κ3) is 2.25. The maximum Gasteiger partial charge on any atom is 0.163 e. The smallest absolute Gasteiger partial charge is 0.163 e. The zero-order valence-electron chi connectivity index (χ0n) is 10.9. The first-order chi connectivity index (χ1) is 10.4. The van der Waals surface area contributed by atoms with Crippen molar-refractivity contribution in [2.75, 3.05) is 5.32 Å². The summed E-state index contributed by atoms with van der Waals surface area (Å²) in [5.41, 5.74) is 3.59. The second-order valence-electron chi connectivity index (χ2n) is 4.53. The van der Waals surface area contributed by atoms with E-state index in [-0.39, 0.29) is 0 Å². The topological polar surface area (TPSA) is 66.5 Å². The monoisotopic (exact) mass is 293 g/mol. The Morgan fingerprint density at radius 3 is 2.76 bits per heavy atom. The second-order valence-corrected chi connectivity index (χ2v) is 5.31. The fourth-order valence-electron chi connectivity index (χ4n) is 2.11. The first-order valence-corrected chi connectivity index (χ1v) is 7.40. The molecule has 0 unspecified atom stereocenters. The number of anilines is 2. The molecule has 6 heteroatoms. The third-order valence-electron chi connectivity index (χ3n) is 3.12. The van der Waals surface area contributed by atoms with Gasteiger partial charge in [0.25, 0.3) is 0 Å². The molecule has 4 aromatic rings. The molecule has 5 nitrogen and oxygen atoms in total. The molecule has 4 rings (SSSR count). The van der Waals surface area contributed by atoms with Gasteiger partial charge in [-0.15, -0.1) is 0 Å². The first-order valence-electron chi connectivity index (χ1n) is 6.46. The van der Waals surface area contributed by atoms with E-state index in [2.05, 4.69) is 25.5 Å². The number of para-hydroxylation sites is 1. The molecule has 0 amide bonds. The molecule has 0 saturated carbocycles. The van der Waals surface area contributed by atoms with Gasteiger partial charge in [-0.3, -0.25) is 5.10 Å². The van der Waals surface area contributed by atoms with Gasteiger partial charge in [0.15, 0.2) is 11.6 Å². The predicted octanol–water partition coefficient (Wildman–Crippen LogP) is 3.83. The van der Waals surface area contributed by atoms with Gasteiger partial charge in [-0.2, -0.15) is 16.4 Å². The SMILES string of the molecule is c1ccc(Nc2nc(-c3ccsc3)nc3cn[nH]c23)cc1. The van der Waals surface area contributed by atoms with Gasteiger partial charge in [-0.1, -0.05) is 18.2 Å². The lowest BCUT2D eigenvalue weighted by Crippen LogP contribution is -1.98. The Hall–Kier alpha value is -2.73. The number of aromatic nitrogens is 4. The molecular formula is C15H11N5S. The molecule has 0 spiro atoms. The van der Waals surface area contributed by atoms with Gasteiger partial charge in [0.1, 0.15) is 11.0 Å². The van der Waals surface area contributed by atoms with Gasteiger partial charge < -0.3 is 5.32 Å². The van der Waals surface area contributed by atoms with E-state index >= 15 is 0 Å². The summed E-state index contributed by atoms with van der Waals surface area (Å²) in [6, 6.07) is 11.9. The summed E-state index contributed by atoms with van der Waals surface area (Å²) in [5, 5.41) is 14.4. The summed E-state index contributed by atoms with van der Waals surface area (Å²) in [6.07, 6.45) is 1.71. The van der Waals surface area contributed by atoms with Crippen molar-refractivity contribution < 1.29 is 0 Å². The number of H-pyrrole nitrogens is 1. The van der Waals surface area contributed by atoms with E-state index in [1.807, 2.05) is 47.2 Å². The van der Waals surface area contributed by atoms with Crippen LogP contribution in [-0.2, 0) is 0 Å². The van der Waals surface area contributed by atoms with Crippen molar-refractivity contribution >= 4 is 33.9 Å². The average Bonchev–Trinajstić information content (AvgIpc) is 3.19. The van der Waals surface area contributed by atoms with Crippen LogP contribution in [0.5, 0.6) is 0 Å². The van der Waals surface area contributed by atoms with E-state index in [1.165, 1.54) is 0 Å². The van der Waals surface area contributed by atoms with Gasteiger partial charge >= 0.3 is 0 Å². The van der Waals surface area contributed by atoms with E-state index in [1.54, 1.807) is 17.5 Å². The number of hydrogen-bond donors (Lipinski definition) is 2. The largest absolute Gasteiger partial charge is 0.338 e. The molecule has 0 atom stereocenters. The highest BCUT2D eigenvalue weighted by Crippen LogP contribution is 2.26. The highest BCUT2D eigenvalue weighted by molar-refractivity contribution is 7.08. The molecule has 0 radical (unpaired) electrons. The Labute approximate surface area is 124 Å². The van der Waals surface area contributed by atoms with Crippen LogP contribution in [0, 0.1) is 0 Å². The number of rotatable bonds is 3. The minimum atomic E-state index is 0.698. The van der Waals surface area contributed by atoms with Crippen LogP contribution in [0.1, 0.15) is 0 Å². The maximum atomic E-state index is 4.62. The van der Waals surface area contributed by atoms with Crippen LogP contribution in [0.2, 0.25) is 0 Å². The fourth-order valence-corrected chi connectivity index (χ4v) is 2.74. The molecule has 0 aliphatic carbocycles. The van der Waals surface area contributed by atoms with E-state index in [9.17, 15) is 0 Å². The van der Waals surface area contributed by atoms with E-state index in [0.717, 1.165) is 28.1 Å². The minimum Gasteiger partial charge on any atom is -0.338 e. The Morgan fingerprint density at radius 1 is 1.05 bits per heavy atom. The maximum absolute atomic E-state index is 4.62. The minimum absolute atomic E-state index is 0.698. The molecular weight excluding hydrogens is 282 g/mol. The Bertz CT molecular complexity index is 868. The van der Waals surface area contributed by atoms with Crippen LogP contribution in [0.4, 0.5) is 11.5 Å². The molecule has 3 aromatic heterocycles. The highest BCUT2D eigenvalue weighted by Gasteiger charge is 2.11. The zero-order valence-corrected chi connectivity index (χ0v) is 11.8. The number of thiophene rings is 1. The number of nitrogens with zero attached hydrogens (tertiary/aromatic N) is 3. The van der Waals surface area contributed by atoms with Crippen LogP contribution in [0.25, 0.3) is 22.4 Å². The van der Waals surface area contributed by atoms with E-state index < -0.39 is 0 Å². The standard InChI is InChI=1S/C15H11N5S/c1-2-4-11(5-3-1)17-15-13-12(8-16-20-13)18-14(19-15)10-6-7-21-9-10/h1-9H,(H,16,20)(H,17,18,19). The second kappa shape index (κ2) is 4.99. The molecule has 102 valence electrons. The fraction of sp³-hybridized carbons (Fsp3) is 0. The lowest BCUT2D eigenvalue weighted by atomic mass is 10.3.